The van der Waals surface area contributed by atoms with Crippen molar-refractivity contribution in [2.45, 2.75) is 96.2 Å². The van der Waals surface area contributed by atoms with Crippen molar-refractivity contribution in [2.24, 2.45) is 0 Å². The molecule has 0 radical (unpaired) electrons. The molecule has 2 rings (SSSR count). The van der Waals surface area contributed by atoms with Crippen LogP contribution in [0.1, 0.15) is 94.8 Å². The third-order valence-electron chi connectivity index (χ3n) is 6.26. The topological polar surface area (TPSA) is 104 Å². The molecule has 2 atom stereocenters. The van der Waals surface area contributed by atoms with Crippen molar-refractivity contribution in [1.29, 1.82) is 0 Å². The SMILES string of the molecule is CCCCCCCCCCCCc1ccc2cccc(C(OCCC(=O)O)C(O)C(=O)O)c2c1. The summed E-state index contributed by atoms with van der Waals surface area (Å²) in [5.41, 5.74) is 1.72. The Labute approximate surface area is 203 Å². The summed E-state index contributed by atoms with van der Waals surface area (Å²) in [5.74, 6) is -2.45. The van der Waals surface area contributed by atoms with Crippen molar-refractivity contribution in [3.05, 3.63) is 47.5 Å². The summed E-state index contributed by atoms with van der Waals surface area (Å²) in [6, 6.07) is 11.6. The molecule has 0 fully saturated rings. The lowest BCUT2D eigenvalue weighted by Gasteiger charge is -2.22. The molecule has 0 aliphatic rings. The predicted octanol–water partition coefficient (Wildman–Crippen LogP) is 6.28. The molecule has 34 heavy (non-hydrogen) atoms. The number of hydrogen-bond donors (Lipinski definition) is 3. The Hall–Kier alpha value is -2.44. The van der Waals surface area contributed by atoms with Crippen LogP contribution in [0.15, 0.2) is 36.4 Å². The van der Waals surface area contributed by atoms with Crippen molar-refractivity contribution in [2.75, 3.05) is 6.61 Å². The Bertz CT molecular complexity index is 894. The molecule has 2 unspecified atom stereocenters. The fraction of sp³-hybridized carbons (Fsp3) is 0.571. The van der Waals surface area contributed by atoms with Gasteiger partial charge in [0.1, 0.15) is 6.10 Å². The Morgan fingerprint density at radius 1 is 0.882 bits per heavy atom. The van der Waals surface area contributed by atoms with E-state index in [2.05, 4.69) is 13.0 Å². The van der Waals surface area contributed by atoms with Gasteiger partial charge in [0.2, 0.25) is 0 Å². The molecule has 0 aliphatic heterocycles. The molecular weight excluding hydrogens is 432 g/mol. The van der Waals surface area contributed by atoms with Crippen molar-refractivity contribution < 1.29 is 29.6 Å². The molecule has 0 saturated carbocycles. The van der Waals surface area contributed by atoms with E-state index in [0.717, 1.165) is 29.2 Å². The first-order valence-electron chi connectivity index (χ1n) is 12.7. The van der Waals surface area contributed by atoms with E-state index in [4.69, 9.17) is 9.84 Å². The molecule has 0 amide bonds. The van der Waals surface area contributed by atoms with Crippen LogP contribution in [0.2, 0.25) is 0 Å². The first-order valence-corrected chi connectivity index (χ1v) is 12.7. The number of unbranched alkanes of at least 4 members (excludes halogenated alkanes) is 9. The third-order valence-corrected chi connectivity index (χ3v) is 6.26. The summed E-state index contributed by atoms with van der Waals surface area (Å²) >= 11 is 0. The van der Waals surface area contributed by atoms with E-state index in [1.54, 1.807) is 12.1 Å². The van der Waals surface area contributed by atoms with Gasteiger partial charge < -0.3 is 20.1 Å². The van der Waals surface area contributed by atoms with Gasteiger partial charge in [0.05, 0.1) is 13.0 Å². The Morgan fingerprint density at radius 2 is 1.53 bits per heavy atom. The number of aliphatic hydroxyl groups excluding tert-OH is 1. The second kappa shape index (κ2) is 15.5. The number of ether oxygens (including phenoxy) is 1. The van der Waals surface area contributed by atoms with E-state index in [1.807, 2.05) is 18.2 Å². The van der Waals surface area contributed by atoms with E-state index in [0.29, 0.717) is 5.56 Å². The van der Waals surface area contributed by atoms with E-state index < -0.39 is 24.1 Å². The average molecular weight is 473 g/mol. The van der Waals surface area contributed by atoms with Crippen LogP contribution in [0.25, 0.3) is 10.8 Å². The Morgan fingerprint density at radius 3 is 2.15 bits per heavy atom. The van der Waals surface area contributed by atoms with Crippen molar-refractivity contribution in [3.8, 4) is 0 Å². The zero-order valence-electron chi connectivity index (χ0n) is 20.4. The smallest absolute Gasteiger partial charge is 0.335 e. The zero-order chi connectivity index (χ0) is 24.8. The van der Waals surface area contributed by atoms with Crippen LogP contribution in [-0.2, 0) is 20.7 Å². The molecule has 2 aromatic carbocycles. The minimum atomic E-state index is -1.79. The van der Waals surface area contributed by atoms with Gasteiger partial charge in [-0.25, -0.2) is 4.79 Å². The van der Waals surface area contributed by atoms with Crippen LogP contribution >= 0.6 is 0 Å². The van der Waals surface area contributed by atoms with Gasteiger partial charge in [0.15, 0.2) is 6.10 Å². The lowest BCUT2D eigenvalue weighted by molar-refractivity contribution is -0.156. The zero-order valence-corrected chi connectivity index (χ0v) is 20.4. The number of carbonyl (C=O) groups is 2. The summed E-state index contributed by atoms with van der Waals surface area (Å²) < 4.78 is 5.57. The van der Waals surface area contributed by atoms with Gasteiger partial charge in [-0.2, -0.15) is 0 Å². The summed E-state index contributed by atoms with van der Waals surface area (Å²) in [7, 11) is 0. The van der Waals surface area contributed by atoms with Crippen molar-refractivity contribution >= 4 is 22.7 Å². The highest BCUT2D eigenvalue weighted by atomic mass is 16.5. The highest BCUT2D eigenvalue weighted by molar-refractivity contribution is 5.87. The maximum atomic E-state index is 11.5. The molecule has 0 saturated heterocycles. The molecule has 0 heterocycles. The fourth-order valence-corrected chi connectivity index (χ4v) is 4.32. The lowest BCUT2D eigenvalue weighted by Crippen LogP contribution is -2.30. The maximum absolute atomic E-state index is 11.5. The summed E-state index contributed by atoms with van der Waals surface area (Å²) in [4.78, 5) is 22.3. The maximum Gasteiger partial charge on any atom is 0.335 e. The van der Waals surface area contributed by atoms with Crippen LogP contribution in [0, 0.1) is 0 Å². The van der Waals surface area contributed by atoms with Crippen LogP contribution in [0.3, 0.4) is 0 Å². The van der Waals surface area contributed by atoms with Gasteiger partial charge in [-0.05, 0) is 34.7 Å². The molecule has 6 heteroatoms. The van der Waals surface area contributed by atoms with Crippen LogP contribution in [0.5, 0.6) is 0 Å². The molecule has 6 nitrogen and oxygen atoms in total. The minimum absolute atomic E-state index is 0.182. The average Bonchev–Trinajstić information content (AvgIpc) is 2.82. The number of aliphatic carboxylic acids is 2. The second-order valence-corrected chi connectivity index (χ2v) is 9.05. The quantitative estimate of drug-likeness (QED) is 0.221. The summed E-state index contributed by atoms with van der Waals surface area (Å²) in [6.07, 6.45) is 10.6. The van der Waals surface area contributed by atoms with Crippen LogP contribution in [-0.4, -0.2) is 40.0 Å². The highest BCUT2D eigenvalue weighted by Crippen LogP contribution is 2.31. The second-order valence-electron chi connectivity index (χ2n) is 9.05. The van der Waals surface area contributed by atoms with Crippen LogP contribution < -0.4 is 0 Å². The van der Waals surface area contributed by atoms with E-state index in [9.17, 15) is 19.8 Å². The molecular formula is C28H40O6. The normalized spacial score (nSPS) is 13.1. The van der Waals surface area contributed by atoms with Gasteiger partial charge in [0.25, 0.3) is 0 Å². The number of fused-ring (bicyclic) bond motifs is 1. The number of carboxylic acids is 2. The van der Waals surface area contributed by atoms with E-state index in [-0.39, 0.29) is 13.0 Å². The highest BCUT2D eigenvalue weighted by Gasteiger charge is 2.29. The van der Waals surface area contributed by atoms with E-state index >= 15 is 0 Å². The Balaban J connectivity index is 1.99. The Kier molecular flexibility index (Phi) is 12.6. The number of carboxylic acid groups (broad SMARTS) is 2. The van der Waals surface area contributed by atoms with Gasteiger partial charge in [-0.3, -0.25) is 4.79 Å². The standard InChI is InChI=1S/C28H40O6/c1-2-3-4-5-6-7-8-9-10-11-13-21-16-17-22-14-12-15-23(24(22)20-21)27(26(31)28(32)33)34-19-18-25(29)30/h12,14-17,20,26-27,31H,2-11,13,18-19H2,1H3,(H,29,30)(H,32,33). The summed E-state index contributed by atoms with van der Waals surface area (Å²) in [5, 5.41) is 30.3. The minimum Gasteiger partial charge on any atom is -0.481 e. The molecule has 0 aromatic heterocycles. The van der Waals surface area contributed by atoms with Crippen molar-refractivity contribution in [3.63, 3.8) is 0 Å². The van der Waals surface area contributed by atoms with Gasteiger partial charge in [-0.1, -0.05) is 101 Å². The number of benzene rings is 2. The molecule has 0 spiro atoms. The van der Waals surface area contributed by atoms with Gasteiger partial charge >= 0.3 is 11.9 Å². The molecule has 3 N–H and O–H groups in total. The predicted molar refractivity (Wildman–Crippen MR) is 134 cm³/mol. The fourth-order valence-electron chi connectivity index (χ4n) is 4.32. The number of hydrogen-bond acceptors (Lipinski definition) is 4. The van der Waals surface area contributed by atoms with Crippen LogP contribution in [0.4, 0.5) is 0 Å². The first kappa shape index (κ1) is 27.8. The molecule has 0 aliphatic carbocycles. The number of aliphatic hydroxyl groups is 1. The third kappa shape index (κ3) is 9.43. The first-order chi connectivity index (χ1) is 16.4. The van der Waals surface area contributed by atoms with Crippen molar-refractivity contribution in [1.82, 2.24) is 0 Å². The van der Waals surface area contributed by atoms with E-state index in [1.165, 1.54) is 57.8 Å². The number of aryl methyl sites for hydroxylation is 1. The lowest BCUT2D eigenvalue weighted by atomic mass is 9.94. The largest absolute Gasteiger partial charge is 0.481 e. The van der Waals surface area contributed by atoms with Gasteiger partial charge in [-0.15, -0.1) is 0 Å². The molecule has 188 valence electrons. The van der Waals surface area contributed by atoms with Gasteiger partial charge in [0, 0.05) is 0 Å². The summed E-state index contributed by atoms with van der Waals surface area (Å²) in [6.45, 7) is 2.06. The number of rotatable bonds is 18. The molecule has 0 bridgehead atoms. The monoisotopic (exact) mass is 472 g/mol. The molecule has 2 aromatic rings.